The first-order valence-electron chi connectivity index (χ1n) is 5.87. The maximum atomic E-state index is 11.8. The van der Waals surface area contributed by atoms with Gasteiger partial charge in [-0.2, -0.15) is 0 Å². The largest absolute Gasteiger partial charge is 0.340 e. The highest BCUT2D eigenvalue weighted by atomic mass is 32.1. The van der Waals surface area contributed by atoms with Crippen LogP contribution in [0.4, 0.5) is 0 Å². The van der Waals surface area contributed by atoms with Crippen molar-refractivity contribution in [2.24, 2.45) is 0 Å². The lowest BCUT2D eigenvalue weighted by molar-refractivity contribution is 0.0962. The van der Waals surface area contributed by atoms with E-state index in [1.54, 1.807) is 6.20 Å². The molecule has 0 radical (unpaired) electrons. The molecule has 2 aromatic rings. The number of benzene rings is 1. The molecule has 0 aliphatic heterocycles. The van der Waals surface area contributed by atoms with Crippen LogP contribution in [-0.4, -0.2) is 17.4 Å². The highest BCUT2D eigenvalue weighted by Gasteiger charge is 2.12. The third-order valence-electron chi connectivity index (χ3n) is 2.69. The van der Waals surface area contributed by atoms with Gasteiger partial charge in [0.15, 0.2) is 0 Å². The SMILES string of the molecule is C#CCNC(=O)c1cnc(-c2ccc(C)cc2C)s1. The van der Waals surface area contributed by atoms with E-state index in [-0.39, 0.29) is 12.5 Å². The first kappa shape index (κ1) is 13.3. The molecule has 0 spiro atoms. The normalized spacial score (nSPS) is 9.95. The van der Waals surface area contributed by atoms with Crippen molar-refractivity contribution in [1.29, 1.82) is 0 Å². The van der Waals surface area contributed by atoms with Crippen LogP contribution in [0, 0.1) is 26.2 Å². The molecule has 3 nitrogen and oxygen atoms in total. The summed E-state index contributed by atoms with van der Waals surface area (Å²) in [5.74, 6) is 2.20. The van der Waals surface area contributed by atoms with Gasteiger partial charge in [-0.15, -0.1) is 17.8 Å². The van der Waals surface area contributed by atoms with Gasteiger partial charge >= 0.3 is 0 Å². The van der Waals surface area contributed by atoms with E-state index in [0.717, 1.165) is 16.1 Å². The van der Waals surface area contributed by atoms with E-state index in [4.69, 9.17) is 6.42 Å². The highest BCUT2D eigenvalue weighted by Crippen LogP contribution is 2.28. The molecule has 0 bridgehead atoms. The molecule has 0 unspecified atom stereocenters. The standard InChI is InChI=1S/C15H14N2OS/c1-4-7-16-14(18)13-9-17-15(19-13)12-6-5-10(2)8-11(12)3/h1,5-6,8-9H,7H2,2-3H3,(H,16,18). The molecule has 4 heteroatoms. The van der Waals surface area contributed by atoms with Crippen LogP contribution in [-0.2, 0) is 0 Å². The Hall–Kier alpha value is -2.12. The summed E-state index contributed by atoms with van der Waals surface area (Å²) in [6.45, 7) is 4.33. The average Bonchev–Trinajstić information content (AvgIpc) is 2.85. The minimum absolute atomic E-state index is 0.175. The summed E-state index contributed by atoms with van der Waals surface area (Å²) in [4.78, 5) is 16.6. The maximum Gasteiger partial charge on any atom is 0.263 e. The fraction of sp³-hybridized carbons (Fsp3) is 0.200. The maximum absolute atomic E-state index is 11.8. The molecule has 19 heavy (non-hydrogen) atoms. The van der Waals surface area contributed by atoms with E-state index in [1.165, 1.54) is 16.9 Å². The van der Waals surface area contributed by atoms with Gasteiger partial charge in [0.25, 0.3) is 5.91 Å². The number of amides is 1. The van der Waals surface area contributed by atoms with Gasteiger partial charge in [0.2, 0.25) is 0 Å². The Bertz CT molecular complexity index is 652. The molecule has 2 rings (SSSR count). The first-order valence-corrected chi connectivity index (χ1v) is 6.68. The van der Waals surface area contributed by atoms with Crippen molar-refractivity contribution in [3.8, 4) is 22.9 Å². The zero-order valence-corrected chi connectivity index (χ0v) is 11.7. The lowest BCUT2D eigenvalue weighted by Crippen LogP contribution is -2.22. The smallest absolute Gasteiger partial charge is 0.263 e. The molecule has 0 atom stereocenters. The Kier molecular flexibility index (Phi) is 3.98. The van der Waals surface area contributed by atoms with Crippen LogP contribution in [0.25, 0.3) is 10.6 Å². The predicted octanol–water partition coefficient (Wildman–Crippen LogP) is 2.79. The fourth-order valence-corrected chi connectivity index (χ4v) is 2.70. The molecule has 1 heterocycles. The molecule has 0 aliphatic carbocycles. The van der Waals surface area contributed by atoms with Gasteiger partial charge in [-0.1, -0.05) is 29.7 Å². The Morgan fingerprint density at radius 2 is 2.26 bits per heavy atom. The van der Waals surface area contributed by atoms with E-state index in [2.05, 4.69) is 29.2 Å². The van der Waals surface area contributed by atoms with Crippen LogP contribution < -0.4 is 5.32 Å². The van der Waals surface area contributed by atoms with Crippen LogP contribution >= 0.6 is 11.3 Å². The molecule has 0 aliphatic rings. The number of rotatable bonds is 3. The summed E-state index contributed by atoms with van der Waals surface area (Å²) in [6.07, 6.45) is 6.70. The minimum Gasteiger partial charge on any atom is -0.340 e. The predicted molar refractivity (Wildman–Crippen MR) is 78.2 cm³/mol. The van der Waals surface area contributed by atoms with Gasteiger partial charge < -0.3 is 5.32 Å². The zero-order chi connectivity index (χ0) is 13.8. The van der Waals surface area contributed by atoms with Gasteiger partial charge in [-0.05, 0) is 19.4 Å². The number of terminal acetylenes is 1. The third-order valence-corrected chi connectivity index (χ3v) is 3.72. The number of carbonyl (C=O) groups excluding carboxylic acids is 1. The summed E-state index contributed by atoms with van der Waals surface area (Å²) >= 11 is 1.37. The highest BCUT2D eigenvalue weighted by molar-refractivity contribution is 7.16. The molecule has 0 fully saturated rings. The molecule has 0 saturated heterocycles. The number of aryl methyl sites for hydroxylation is 2. The van der Waals surface area contributed by atoms with Crippen LogP contribution in [0.2, 0.25) is 0 Å². The fourth-order valence-electron chi connectivity index (χ4n) is 1.78. The molecule has 1 N–H and O–H groups in total. The van der Waals surface area contributed by atoms with Gasteiger partial charge in [0.05, 0.1) is 12.7 Å². The quantitative estimate of drug-likeness (QED) is 0.871. The molecular weight excluding hydrogens is 256 g/mol. The number of carbonyl (C=O) groups is 1. The van der Waals surface area contributed by atoms with Crippen molar-refractivity contribution in [3.05, 3.63) is 40.4 Å². The molecule has 1 aromatic heterocycles. The van der Waals surface area contributed by atoms with E-state index in [1.807, 2.05) is 19.1 Å². The average molecular weight is 270 g/mol. The second-order valence-electron chi connectivity index (χ2n) is 4.23. The minimum atomic E-state index is -0.175. The summed E-state index contributed by atoms with van der Waals surface area (Å²) in [7, 11) is 0. The number of hydrogen-bond acceptors (Lipinski definition) is 3. The van der Waals surface area contributed by atoms with Crippen molar-refractivity contribution < 1.29 is 4.79 Å². The van der Waals surface area contributed by atoms with E-state index in [0.29, 0.717) is 4.88 Å². The molecule has 1 aromatic carbocycles. The van der Waals surface area contributed by atoms with Crippen LogP contribution in [0.15, 0.2) is 24.4 Å². The summed E-state index contributed by atoms with van der Waals surface area (Å²) in [5, 5.41) is 3.48. The van der Waals surface area contributed by atoms with Gasteiger partial charge in [-0.3, -0.25) is 4.79 Å². The topological polar surface area (TPSA) is 42.0 Å². The van der Waals surface area contributed by atoms with Crippen molar-refractivity contribution in [2.75, 3.05) is 6.54 Å². The Labute approximate surface area is 116 Å². The lowest BCUT2D eigenvalue weighted by atomic mass is 10.1. The lowest BCUT2D eigenvalue weighted by Gasteiger charge is -2.03. The monoisotopic (exact) mass is 270 g/mol. The van der Waals surface area contributed by atoms with Gasteiger partial charge in [0, 0.05) is 5.56 Å². The summed E-state index contributed by atoms with van der Waals surface area (Å²) < 4.78 is 0. The zero-order valence-electron chi connectivity index (χ0n) is 10.9. The number of hydrogen-bond donors (Lipinski definition) is 1. The number of aromatic nitrogens is 1. The van der Waals surface area contributed by atoms with Crippen molar-refractivity contribution >= 4 is 17.2 Å². The van der Waals surface area contributed by atoms with Crippen LogP contribution in [0.5, 0.6) is 0 Å². The van der Waals surface area contributed by atoms with Crippen molar-refractivity contribution in [3.63, 3.8) is 0 Å². The Morgan fingerprint density at radius 1 is 1.47 bits per heavy atom. The summed E-state index contributed by atoms with van der Waals surface area (Å²) in [5.41, 5.74) is 3.43. The third kappa shape index (κ3) is 3.01. The number of thiazole rings is 1. The van der Waals surface area contributed by atoms with Crippen molar-refractivity contribution in [1.82, 2.24) is 10.3 Å². The van der Waals surface area contributed by atoms with E-state index in [9.17, 15) is 4.79 Å². The second kappa shape index (κ2) is 5.68. The summed E-state index contributed by atoms with van der Waals surface area (Å²) in [6, 6.07) is 6.18. The number of nitrogens with zero attached hydrogens (tertiary/aromatic N) is 1. The molecule has 96 valence electrons. The molecular formula is C15H14N2OS. The Balaban J connectivity index is 2.26. The molecule has 1 amide bonds. The second-order valence-corrected chi connectivity index (χ2v) is 5.27. The van der Waals surface area contributed by atoms with Crippen LogP contribution in [0.3, 0.4) is 0 Å². The van der Waals surface area contributed by atoms with Gasteiger partial charge in [0.1, 0.15) is 9.88 Å². The first-order chi connectivity index (χ1) is 9.11. The van der Waals surface area contributed by atoms with E-state index < -0.39 is 0 Å². The number of nitrogens with one attached hydrogen (secondary N) is 1. The van der Waals surface area contributed by atoms with E-state index >= 15 is 0 Å². The van der Waals surface area contributed by atoms with Gasteiger partial charge in [-0.25, -0.2) is 4.98 Å². The molecule has 0 saturated carbocycles. The Morgan fingerprint density at radius 3 is 2.95 bits per heavy atom. The van der Waals surface area contributed by atoms with Crippen LogP contribution in [0.1, 0.15) is 20.8 Å². The van der Waals surface area contributed by atoms with Crippen molar-refractivity contribution in [2.45, 2.75) is 13.8 Å².